The Morgan fingerprint density at radius 3 is 1.27 bits per heavy atom. The van der Waals surface area contributed by atoms with Crippen molar-refractivity contribution in [1.82, 2.24) is 35.1 Å². The van der Waals surface area contributed by atoms with Gasteiger partial charge in [0.05, 0.1) is 20.3 Å². The summed E-state index contributed by atoms with van der Waals surface area (Å²) in [5.74, 6) is 2.11. The highest BCUT2D eigenvalue weighted by molar-refractivity contribution is 15.0. The Labute approximate surface area is 518 Å². The Hall–Kier alpha value is -4.71. The molecule has 460 valence electrons. The molecule has 0 saturated carbocycles. The monoisotopic (exact) mass is 1380 g/mol. The molecule has 3 heterocycles. The van der Waals surface area contributed by atoms with Crippen molar-refractivity contribution in [2.45, 2.75) is 124 Å². The van der Waals surface area contributed by atoms with Crippen LogP contribution in [0.15, 0.2) is 121 Å². The molecule has 0 bridgehead atoms. The number of halogens is 5. The van der Waals surface area contributed by atoms with Crippen molar-refractivity contribution >= 4 is 49.4 Å². The normalized spacial score (nSPS) is 15.1. The first kappa shape index (κ1) is 72.5. The second-order valence-electron chi connectivity index (χ2n) is 22.2. The lowest BCUT2D eigenvalue weighted by Gasteiger charge is -2.37. The highest BCUT2D eigenvalue weighted by Gasteiger charge is 2.29. The number of carbonyl (C=O) groups is 2. The van der Waals surface area contributed by atoms with Gasteiger partial charge in [-0.25, -0.2) is 22.8 Å². The maximum atomic E-state index is 13.3. The number of nitrogens with one attached hydrogen (secondary N) is 2. The first-order valence-electron chi connectivity index (χ1n) is 28.7. The first-order chi connectivity index (χ1) is 39.5. The third-order valence-electron chi connectivity index (χ3n) is 14.4. The summed E-state index contributed by atoms with van der Waals surface area (Å²) >= 11 is 4.24. The molecule has 0 aliphatic carbocycles. The van der Waals surface area contributed by atoms with E-state index in [4.69, 9.17) is 19.9 Å². The number of rotatable bonds is 18. The van der Waals surface area contributed by atoms with E-state index in [1.54, 1.807) is 29.2 Å². The fourth-order valence-corrected chi connectivity index (χ4v) is 9.32. The van der Waals surface area contributed by atoms with Gasteiger partial charge >= 0.3 is 12.1 Å². The lowest BCUT2D eigenvalue weighted by Crippen LogP contribution is -2.49. The number of methoxy groups -OCH3 is 1. The molecule has 8 rings (SSSR count). The van der Waals surface area contributed by atoms with Gasteiger partial charge in [-0.2, -0.15) is 0 Å². The minimum absolute atomic E-state index is 0. The molecule has 5 aromatic rings. The van der Waals surface area contributed by atoms with Gasteiger partial charge in [-0.1, -0.05) is 95.8 Å². The summed E-state index contributed by atoms with van der Waals surface area (Å²) < 4.78 is 55.1. The second-order valence-corrected chi connectivity index (χ2v) is 22.2. The summed E-state index contributed by atoms with van der Waals surface area (Å²) in [5, 5.41) is 6.60. The summed E-state index contributed by atoms with van der Waals surface area (Å²) in [5.41, 5.74) is 10.6. The zero-order chi connectivity index (χ0) is 59.8. The van der Waals surface area contributed by atoms with Crippen molar-refractivity contribution in [3.05, 3.63) is 167 Å². The fraction of sp³-hybridized carbons (Fsp3) is 0.508. The zero-order valence-corrected chi connectivity index (χ0v) is 53.9. The van der Waals surface area contributed by atoms with Crippen molar-refractivity contribution in [2.24, 2.45) is 17.6 Å². The summed E-state index contributed by atoms with van der Waals surface area (Å²) in [6, 6.07) is 36.0. The van der Waals surface area contributed by atoms with Gasteiger partial charge in [0.2, 0.25) is 0 Å². The van der Waals surface area contributed by atoms with E-state index in [0.29, 0.717) is 50.7 Å². The van der Waals surface area contributed by atoms with Gasteiger partial charge in [0.1, 0.15) is 29.0 Å². The number of ether oxygens (including phenoxy) is 3. The number of benzene rings is 5. The fourth-order valence-electron chi connectivity index (χ4n) is 9.32. The molecule has 3 fully saturated rings. The van der Waals surface area contributed by atoms with Gasteiger partial charge in [-0.3, -0.25) is 0 Å². The maximum absolute atomic E-state index is 13.3. The van der Waals surface area contributed by atoms with E-state index < -0.39 is 0 Å². The van der Waals surface area contributed by atoms with Gasteiger partial charge in [0.25, 0.3) is 0 Å². The number of hydrogen-bond acceptors (Lipinski definition) is 10. The van der Waals surface area contributed by atoms with Crippen LogP contribution in [0.5, 0.6) is 11.5 Å². The predicted molar refractivity (Wildman–Crippen MR) is 350 cm³/mol. The SMILES string of the molecule is C.CC(C)COc1ccc(CN)cc1.CC(C)COc1ccc(CNC(=O)N(Cc2ccc(F)cc2)C2CCN(C)CC2)cc1.CN1CCC(NCc2ccc(F)cc2)CC1.COC(=O)N(Cc1ccc(F)cc1)C1CCN(C)CC1.II. The zero-order valence-electron chi connectivity index (χ0n) is 49.6. The minimum Gasteiger partial charge on any atom is -0.493 e. The van der Waals surface area contributed by atoms with Crippen LogP contribution >= 0.6 is 37.2 Å². The molecule has 83 heavy (non-hydrogen) atoms. The molecular formula is C65H95F3I2N8O5. The van der Waals surface area contributed by atoms with E-state index in [9.17, 15) is 22.8 Å². The number of hydrogen-bond donors (Lipinski definition) is 3. The smallest absolute Gasteiger partial charge is 0.410 e. The molecule has 3 aliphatic heterocycles. The number of amides is 3. The van der Waals surface area contributed by atoms with Gasteiger partial charge in [-0.15, -0.1) is 0 Å². The molecule has 3 amide bonds. The number of likely N-dealkylation sites (tertiary alicyclic amines) is 3. The Morgan fingerprint density at radius 2 is 0.880 bits per heavy atom. The lowest BCUT2D eigenvalue weighted by atomic mass is 10.0. The van der Waals surface area contributed by atoms with E-state index in [2.05, 4.69) is 111 Å². The van der Waals surface area contributed by atoms with Crippen LogP contribution in [0.25, 0.3) is 0 Å². The van der Waals surface area contributed by atoms with Crippen LogP contribution < -0.4 is 25.8 Å². The molecule has 3 saturated heterocycles. The van der Waals surface area contributed by atoms with Gasteiger partial charge in [0.15, 0.2) is 0 Å². The number of nitrogens with zero attached hydrogens (tertiary/aromatic N) is 5. The molecule has 5 aromatic carbocycles. The second kappa shape index (κ2) is 40.6. The van der Waals surface area contributed by atoms with Crippen LogP contribution in [-0.2, 0) is 37.5 Å². The maximum Gasteiger partial charge on any atom is 0.410 e. The van der Waals surface area contributed by atoms with Gasteiger partial charge in [0, 0.05) is 88.1 Å². The van der Waals surface area contributed by atoms with E-state index in [1.807, 2.05) is 65.6 Å². The van der Waals surface area contributed by atoms with Crippen molar-refractivity contribution in [1.29, 1.82) is 0 Å². The Balaban J connectivity index is 0.000000302. The van der Waals surface area contributed by atoms with Gasteiger partial charge < -0.3 is 55.1 Å². The Bertz CT molecular complexity index is 2500. The number of carbonyl (C=O) groups excluding carboxylic acids is 2. The molecule has 4 N–H and O–H groups in total. The highest BCUT2D eigenvalue weighted by atomic mass is 128. The molecule has 18 heteroatoms. The molecule has 0 unspecified atom stereocenters. The predicted octanol–water partition coefficient (Wildman–Crippen LogP) is 13.8. The Morgan fingerprint density at radius 1 is 0.542 bits per heavy atom. The largest absolute Gasteiger partial charge is 0.493 e. The van der Waals surface area contributed by atoms with Crippen LogP contribution in [0.4, 0.5) is 22.8 Å². The first-order valence-corrected chi connectivity index (χ1v) is 34.9. The summed E-state index contributed by atoms with van der Waals surface area (Å²) in [6.07, 6.45) is 5.85. The van der Waals surface area contributed by atoms with Crippen LogP contribution in [0.3, 0.4) is 0 Å². The Kier molecular flexibility index (Phi) is 35.5. The summed E-state index contributed by atoms with van der Waals surface area (Å²) in [4.78, 5) is 35.6. The van der Waals surface area contributed by atoms with Crippen LogP contribution in [-0.4, -0.2) is 135 Å². The molecule has 0 aromatic heterocycles. The summed E-state index contributed by atoms with van der Waals surface area (Å²) in [7, 11) is 7.75. The van der Waals surface area contributed by atoms with Gasteiger partial charge in [-0.05, 0) is 199 Å². The third kappa shape index (κ3) is 28.8. The van der Waals surface area contributed by atoms with Crippen molar-refractivity contribution in [3.63, 3.8) is 0 Å². The molecular weight excluding hydrogens is 1280 g/mol. The van der Waals surface area contributed by atoms with E-state index in [1.165, 1.54) is 69.4 Å². The highest BCUT2D eigenvalue weighted by Crippen LogP contribution is 2.22. The topological polar surface area (TPSA) is 128 Å². The lowest BCUT2D eigenvalue weighted by molar-refractivity contribution is 0.0788. The average molecular weight is 1380 g/mol. The molecule has 3 aliphatic rings. The number of nitrogens with two attached hydrogens (primary N) is 1. The quantitative estimate of drug-likeness (QED) is 0.0730. The third-order valence-corrected chi connectivity index (χ3v) is 14.4. The van der Waals surface area contributed by atoms with Crippen LogP contribution in [0.1, 0.15) is 101 Å². The molecule has 0 spiro atoms. The van der Waals surface area contributed by atoms with E-state index in [-0.39, 0.29) is 49.1 Å². The van der Waals surface area contributed by atoms with E-state index >= 15 is 0 Å². The van der Waals surface area contributed by atoms with Crippen molar-refractivity contribution < 1.29 is 37.0 Å². The summed E-state index contributed by atoms with van der Waals surface area (Å²) in [6.45, 7) is 19.0. The number of urea groups is 1. The van der Waals surface area contributed by atoms with E-state index in [0.717, 1.165) is 104 Å². The molecule has 0 radical (unpaired) electrons. The van der Waals surface area contributed by atoms with Crippen LogP contribution in [0.2, 0.25) is 0 Å². The standard InChI is InChI=1S/C25H34FN3O2.C15H21FN2O2.C13H19FN2.C11H17NO.CH4.I2/c1-19(2)18-31-24-10-6-20(7-11-24)16-27-25(30)29(23-12-14-28(3)15-13-23)17-21-4-8-22(26)9-5-21;1-17-9-7-14(8-10-17)18(15(19)20-2)11-12-3-5-13(16)6-4-12;1-16-8-6-13(7-9-16)15-10-11-2-4-12(14)5-3-11;1-9(2)8-13-11-5-3-10(7-12)4-6-11;;1-2/h4-11,19,23H,12-18H2,1-3H3,(H,27,30);3-6,14H,7-11H2,1-2H3;2-5,13,15H,6-10H2,1H3;3-6,9H,7-8,12H2,1-2H3;1H4;. The van der Waals surface area contributed by atoms with Crippen molar-refractivity contribution in [2.75, 3.05) is 80.7 Å². The average Bonchev–Trinajstić information content (AvgIpc) is 3.52. The van der Waals surface area contributed by atoms with Crippen LogP contribution in [0, 0.1) is 29.3 Å². The van der Waals surface area contributed by atoms with Crippen molar-refractivity contribution in [3.8, 4) is 11.5 Å². The minimum atomic E-state index is -0.316. The number of piperidine rings is 3. The molecule has 0 atom stereocenters. The molecule has 13 nitrogen and oxygen atoms in total.